The molecule has 2 atom stereocenters. The Bertz CT molecular complexity index is 1370. The van der Waals surface area contributed by atoms with Gasteiger partial charge in [0, 0.05) is 24.1 Å². The van der Waals surface area contributed by atoms with Crippen molar-refractivity contribution in [1.82, 2.24) is 30.4 Å². The Morgan fingerprint density at radius 2 is 2.13 bits per heavy atom. The number of aromatic hydroxyl groups is 1. The summed E-state index contributed by atoms with van der Waals surface area (Å²) in [5.41, 5.74) is -0.0493. The molecule has 1 aromatic carbocycles. The van der Waals surface area contributed by atoms with E-state index in [1.165, 1.54) is 52.5 Å². The molecule has 1 unspecified atom stereocenters. The lowest BCUT2D eigenvalue weighted by Gasteiger charge is -2.49. The Kier molecular flexibility index (Phi) is 8.44. The predicted molar refractivity (Wildman–Crippen MR) is 135 cm³/mol. The number of nitrogens with zero attached hydrogens (tertiary/aromatic N) is 6. The average Bonchev–Trinajstić information content (AvgIpc) is 3.29. The molecule has 14 nitrogen and oxygen atoms in total. The number of thioether (sulfide) groups is 2. The number of oxime groups is 1. The van der Waals surface area contributed by atoms with Gasteiger partial charge in [-0.3, -0.25) is 14.5 Å². The number of hydrogen-bond donors (Lipinski definition) is 3. The number of aromatic nitrogens is 4. The number of alkyl halides is 2. The van der Waals surface area contributed by atoms with E-state index in [0.29, 0.717) is 10.7 Å². The number of benzene rings is 1. The van der Waals surface area contributed by atoms with Crippen molar-refractivity contribution in [3.05, 3.63) is 41.1 Å². The first-order chi connectivity index (χ1) is 18.1. The number of nitrogens with one attached hydrogen (secondary N) is 1. The summed E-state index contributed by atoms with van der Waals surface area (Å²) >= 11 is 13.4. The highest BCUT2D eigenvalue weighted by Gasteiger charge is 2.54. The molecule has 2 aliphatic heterocycles. The number of carbonyl (C=O) groups is 4. The van der Waals surface area contributed by atoms with Gasteiger partial charge in [0.05, 0.1) is 0 Å². The second kappa shape index (κ2) is 11.6. The Labute approximate surface area is 232 Å². The SMILES string of the molecule is Cn1nnnc1SCC1=C(C(=O)O)N2C(=O)C(NC(=O)C(=NOC(=O)C(Cl)Cl)c3cccc(O)c3)[C@H]2SC1. The lowest BCUT2D eigenvalue weighted by atomic mass is 10.0. The molecule has 2 aromatic rings. The topological polar surface area (TPSA) is 189 Å². The zero-order valence-corrected chi connectivity index (χ0v) is 22.3. The van der Waals surface area contributed by atoms with Crippen molar-refractivity contribution < 1.29 is 34.2 Å². The second-order valence-electron chi connectivity index (χ2n) is 7.69. The summed E-state index contributed by atoms with van der Waals surface area (Å²) in [5, 5.41) is 36.5. The monoisotopic (exact) mass is 601 g/mol. The highest BCUT2D eigenvalue weighted by molar-refractivity contribution is 8.01. The Hall–Kier alpha value is -3.34. The first-order valence-corrected chi connectivity index (χ1v) is 13.4. The number of aliphatic carboxylic acids is 1. The molecule has 1 saturated heterocycles. The van der Waals surface area contributed by atoms with Crippen LogP contribution in [-0.2, 0) is 31.1 Å². The molecule has 3 N–H and O–H groups in total. The van der Waals surface area contributed by atoms with Gasteiger partial charge in [0.15, 0.2) is 5.71 Å². The minimum Gasteiger partial charge on any atom is -0.508 e. The summed E-state index contributed by atoms with van der Waals surface area (Å²) in [6.45, 7) is 0. The number of fused-ring (bicyclic) bond motifs is 1. The molecule has 38 heavy (non-hydrogen) atoms. The highest BCUT2D eigenvalue weighted by Crippen LogP contribution is 2.41. The van der Waals surface area contributed by atoms with Gasteiger partial charge in [0.2, 0.25) is 9.99 Å². The number of amides is 2. The Morgan fingerprint density at radius 1 is 1.37 bits per heavy atom. The van der Waals surface area contributed by atoms with Crippen molar-refractivity contribution in [2.24, 2.45) is 12.2 Å². The maximum atomic E-state index is 13.1. The number of hydrogen-bond acceptors (Lipinski definition) is 12. The fourth-order valence-electron chi connectivity index (χ4n) is 3.51. The molecule has 0 saturated carbocycles. The number of halogens is 2. The predicted octanol–water partition coefficient (Wildman–Crippen LogP) is 0.498. The third-order valence-electron chi connectivity index (χ3n) is 5.23. The quantitative estimate of drug-likeness (QED) is 0.0902. The number of β-lactam (4-membered cyclic amide) rings is 1. The minimum atomic E-state index is -1.56. The highest BCUT2D eigenvalue weighted by atomic mass is 35.5. The number of tetrazole rings is 1. The maximum Gasteiger partial charge on any atom is 0.367 e. The van der Waals surface area contributed by atoms with Crippen molar-refractivity contribution in [2.45, 2.75) is 21.4 Å². The number of carbonyl (C=O) groups excluding carboxylic acids is 3. The van der Waals surface area contributed by atoms with Gasteiger partial charge < -0.3 is 20.4 Å². The molecule has 0 bridgehead atoms. The van der Waals surface area contributed by atoms with Crippen molar-refractivity contribution in [1.29, 1.82) is 0 Å². The van der Waals surface area contributed by atoms with Gasteiger partial charge in [-0.2, -0.15) is 0 Å². The van der Waals surface area contributed by atoms with E-state index >= 15 is 0 Å². The third-order valence-corrected chi connectivity index (χ3v) is 8.03. The van der Waals surface area contributed by atoms with Gasteiger partial charge in [-0.15, -0.1) is 16.9 Å². The van der Waals surface area contributed by atoms with Gasteiger partial charge in [-0.05, 0) is 28.1 Å². The number of carboxylic acid groups (broad SMARTS) is 1. The van der Waals surface area contributed by atoms with Gasteiger partial charge >= 0.3 is 11.9 Å². The summed E-state index contributed by atoms with van der Waals surface area (Å²) in [5.74, 6) is -3.69. The molecule has 3 heterocycles. The molecular weight excluding hydrogens is 585 g/mol. The van der Waals surface area contributed by atoms with Crippen LogP contribution in [0.3, 0.4) is 0 Å². The van der Waals surface area contributed by atoms with Gasteiger partial charge in [0.1, 0.15) is 22.9 Å². The molecule has 0 radical (unpaired) electrons. The molecule has 2 aliphatic rings. The van der Waals surface area contributed by atoms with E-state index in [1.807, 2.05) is 0 Å². The first-order valence-electron chi connectivity index (χ1n) is 10.5. The molecule has 18 heteroatoms. The Morgan fingerprint density at radius 3 is 2.76 bits per heavy atom. The van der Waals surface area contributed by atoms with Crippen molar-refractivity contribution in [2.75, 3.05) is 11.5 Å². The Balaban J connectivity index is 1.52. The van der Waals surface area contributed by atoms with Crippen LogP contribution in [0, 0.1) is 0 Å². The summed E-state index contributed by atoms with van der Waals surface area (Å²) in [4.78, 5) is 54.0. The fraction of sp³-hybridized carbons (Fsp3) is 0.300. The molecular formula is C20H17Cl2N7O7S2. The number of aryl methyl sites for hydroxylation is 1. The van der Waals surface area contributed by atoms with E-state index in [-0.39, 0.29) is 28.5 Å². The summed E-state index contributed by atoms with van der Waals surface area (Å²) in [6.07, 6.45) is 0. The van der Waals surface area contributed by atoms with E-state index < -0.39 is 45.7 Å². The van der Waals surface area contributed by atoms with Crippen LogP contribution in [0.1, 0.15) is 5.56 Å². The molecule has 0 spiro atoms. The lowest BCUT2D eigenvalue weighted by Crippen LogP contribution is -2.71. The normalized spacial score (nSPS) is 19.2. The van der Waals surface area contributed by atoms with Crippen LogP contribution in [0.15, 0.2) is 45.8 Å². The van der Waals surface area contributed by atoms with Crippen molar-refractivity contribution in [3.8, 4) is 5.75 Å². The molecule has 2 amide bonds. The van der Waals surface area contributed by atoms with Crippen LogP contribution < -0.4 is 5.32 Å². The summed E-state index contributed by atoms with van der Waals surface area (Å²) < 4.78 is 1.44. The molecule has 200 valence electrons. The number of rotatable bonds is 9. The van der Waals surface area contributed by atoms with E-state index in [4.69, 9.17) is 23.2 Å². The van der Waals surface area contributed by atoms with Gasteiger partial charge in [0.25, 0.3) is 11.8 Å². The number of phenols is 1. The first kappa shape index (κ1) is 27.7. The smallest absolute Gasteiger partial charge is 0.367 e. The lowest BCUT2D eigenvalue weighted by molar-refractivity contribution is -0.150. The summed E-state index contributed by atoms with van der Waals surface area (Å²) in [7, 11) is 1.64. The van der Waals surface area contributed by atoms with Crippen LogP contribution in [0.4, 0.5) is 0 Å². The van der Waals surface area contributed by atoms with Crippen LogP contribution in [0.5, 0.6) is 5.75 Å². The third kappa shape index (κ3) is 5.72. The standard InChI is InChI=1S/C20H17Cl2N7O7S2/c1-28-20(24-26-27-28)38-7-9-6-37-17-12(16(32)29(17)13(9)18(33)34)23-15(31)11(25-36-19(35)14(21)22)8-3-2-4-10(30)5-8/h2-5,12,14,17,30H,6-7H2,1H3,(H,23,31)(H,33,34)/t12?,17-/m1/s1. The van der Waals surface area contributed by atoms with E-state index in [0.717, 1.165) is 4.90 Å². The summed E-state index contributed by atoms with van der Waals surface area (Å²) in [6, 6.07) is 4.29. The number of carboxylic acids is 1. The molecule has 0 aliphatic carbocycles. The molecule has 1 fully saturated rings. The van der Waals surface area contributed by atoms with Crippen molar-refractivity contribution in [3.63, 3.8) is 0 Å². The zero-order valence-electron chi connectivity index (χ0n) is 19.1. The van der Waals surface area contributed by atoms with Crippen LogP contribution >= 0.6 is 46.7 Å². The largest absolute Gasteiger partial charge is 0.508 e. The van der Waals surface area contributed by atoms with Crippen LogP contribution in [0.25, 0.3) is 0 Å². The van der Waals surface area contributed by atoms with E-state index in [2.05, 4.69) is 30.8 Å². The fourth-order valence-corrected chi connectivity index (χ4v) is 5.92. The van der Waals surface area contributed by atoms with E-state index in [9.17, 15) is 29.4 Å². The zero-order chi connectivity index (χ0) is 27.6. The van der Waals surface area contributed by atoms with Crippen LogP contribution in [0.2, 0.25) is 0 Å². The number of phenolic OH excluding ortho intramolecular Hbond substituents is 1. The van der Waals surface area contributed by atoms with E-state index in [1.54, 1.807) is 7.05 Å². The molecule has 4 rings (SSSR count). The minimum absolute atomic E-state index is 0.0691. The van der Waals surface area contributed by atoms with Crippen molar-refractivity contribution >= 4 is 76.2 Å². The average molecular weight is 602 g/mol. The second-order valence-corrected chi connectivity index (χ2v) is 10.8. The maximum absolute atomic E-state index is 13.1. The van der Waals surface area contributed by atoms with Gasteiger partial charge in [-0.25, -0.2) is 14.3 Å². The van der Waals surface area contributed by atoms with Gasteiger partial charge in [-0.1, -0.05) is 52.3 Å². The van der Waals surface area contributed by atoms with Crippen LogP contribution in [-0.4, -0.2) is 92.5 Å². The molecule has 1 aromatic heterocycles.